The van der Waals surface area contributed by atoms with Gasteiger partial charge in [-0.3, -0.25) is 9.69 Å². The fourth-order valence-electron chi connectivity index (χ4n) is 3.48. The molecule has 1 atom stereocenters. The zero-order valence-electron chi connectivity index (χ0n) is 17.5. The number of aromatic nitrogens is 1. The lowest BCUT2D eigenvalue weighted by Gasteiger charge is -2.36. The summed E-state index contributed by atoms with van der Waals surface area (Å²) in [5.74, 6) is 1.49. The van der Waals surface area contributed by atoms with E-state index in [1.54, 1.807) is 42.6 Å². The van der Waals surface area contributed by atoms with Crippen molar-refractivity contribution in [2.24, 2.45) is 0 Å². The minimum absolute atomic E-state index is 0.231. The molecule has 8 nitrogen and oxygen atoms in total. The van der Waals surface area contributed by atoms with Crippen LogP contribution in [0.1, 0.15) is 10.6 Å². The number of carbonyl (C=O) groups excluding carboxylic acids is 1. The van der Waals surface area contributed by atoms with Crippen molar-refractivity contribution in [3.05, 3.63) is 71.8 Å². The van der Waals surface area contributed by atoms with Gasteiger partial charge in [-0.1, -0.05) is 11.6 Å². The monoisotopic (exact) mass is 456 g/mol. The molecule has 4 rings (SSSR count). The van der Waals surface area contributed by atoms with Crippen molar-refractivity contribution in [2.75, 3.05) is 49.5 Å². The molecule has 0 radical (unpaired) electrons. The van der Waals surface area contributed by atoms with Crippen molar-refractivity contribution in [3.8, 4) is 5.75 Å². The summed E-state index contributed by atoms with van der Waals surface area (Å²) in [6.45, 7) is 4.01. The Hall–Kier alpha value is -3.07. The second-order valence-electron chi connectivity index (χ2n) is 7.54. The van der Waals surface area contributed by atoms with Gasteiger partial charge in [-0.15, -0.1) is 0 Å². The van der Waals surface area contributed by atoms with Gasteiger partial charge < -0.3 is 24.5 Å². The van der Waals surface area contributed by atoms with E-state index in [2.05, 4.69) is 20.1 Å². The third-order valence-corrected chi connectivity index (χ3v) is 5.42. The maximum absolute atomic E-state index is 12.0. The number of aliphatic hydroxyl groups is 1. The summed E-state index contributed by atoms with van der Waals surface area (Å²) in [6, 6.07) is 14.1. The number of carbonyl (C=O) groups is 1. The van der Waals surface area contributed by atoms with E-state index in [0.717, 1.165) is 32.0 Å². The molecule has 1 aliphatic heterocycles. The van der Waals surface area contributed by atoms with Gasteiger partial charge in [0.1, 0.15) is 24.3 Å². The summed E-state index contributed by atoms with van der Waals surface area (Å²) in [6.07, 6.45) is 2.52. The maximum Gasteiger partial charge on any atom is 0.291 e. The lowest BCUT2D eigenvalue weighted by Crippen LogP contribution is -2.49. The number of hydrogen-bond donors (Lipinski definition) is 2. The number of ether oxygens (including phenoxy) is 1. The van der Waals surface area contributed by atoms with E-state index in [1.165, 1.54) is 6.26 Å². The Labute approximate surface area is 191 Å². The molecule has 0 spiro atoms. The highest BCUT2D eigenvalue weighted by atomic mass is 35.5. The lowest BCUT2D eigenvalue weighted by atomic mass is 10.2. The number of nitrogens with one attached hydrogen (secondary N) is 1. The number of β-amino-alcohol motifs (C(OH)–C–C–N with tert-alkyl or cyclic N) is 1. The molecule has 32 heavy (non-hydrogen) atoms. The van der Waals surface area contributed by atoms with Crippen LogP contribution in [0.5, 0.6) is 5.75 Å². The van der Waals surface area contributed by atoms with Crippen LogP contribution in [0.3, 0.4) is 0 Å². The number of pyridine rings is 1. The smallest absolute Gasteiger partial charge is 0.291 e. The highest BCUT2D eigenvalue weighted by molar-refractivity contribution is 6.30. The zero-order chi connectivity index (χ0) is 22.3. The number of piperazine rings is 1. The second kappa shape index (κ2) is 10.5. The molecule has 1 unspecified atom stereocenters. The van der Waals surface area contributed by atoms with Gasteiger partial charge in [0.2, 0.25) is 0 Å². The fraction of sp³-hybridized carbons (Fsp3) is 0.304. The van der Waals surface area contributed by atoms with Crippen molar-refractivity contribution in [2.45, 2.75) is 6.10 Å². The van der Waals surface area contributed by atoms with Crippen LogP contribution in [0.4, 0.5) is 11.5 Å². The van der Waals surface area contributed by atoms with Crippen molar-refractivity contribution >= 4 is 29.0 Å². The van der Waals surface area contributed by atoms with Crippen LogP contribution in [0.15, 0.2) is 65.4 Å². The van der Waals surface area contributed by atoms with Crippen LogP contribution in [0.25, 0.3) is 0 Å². The SMILES string of the molecule is O=C(Nc1ccc(N2CCN(CC(O)COc3ccc(Cl)cc3)CC2)nc1)c1ccco1. The predicted molar refractivity (Wildman–Crippen MR) is 123 cm³/mol. The number of hydrogen-bond acceptors (Lipinski definition) is 7. The van der Waals surface area contributed by atoms with Crippen LogP contribution < -0.4 is 15.0 Å². The first-order valence-corrected chi connectivity index (χ1v) is 10.8. The summed E-state index contributed by atoms with van der Waals surface area (Å²) in [5, 5.41) is 13.7. The van der Waals surface area contributed by atoms with E-state index < -0.39 is 6.10 Å². The molecule has 0 saturated carbocycles. The van der Waals surface area contributed by atoms with E-state index in [1.807, 2.05) is 12.1 Å². The molecule has 168 valence electrons. The molecule has 1 amide bonds. The lowest BCUT2D eigenvalue weighted by molar-refractivity contribution is 0.0662. The normalized spacial score (nSPS) is 15.4. The second-order valence-corrected chi connectivity index (χ2v) is 7.98. The Morgan fingerprint density at radius 2 is 1.94 bits per heavy atom. The molecule has 0 aliphatic carbocycles. The summed E-state index contributed by atoms with van der Waals surface area (Å²) in [5.41, 5.74) is 0.609. The zero-order valence-corrected chi connectivity index (χ0v) is 18.2. The molecule has 2 N–H and O–H groups in total. The van der Waals surface area contributed by atoms with Crippen LogP contribution in [-0.2, 0) is 0 Å². The van der Waals surface area contributed by atoms with Crippen molar-refractivity contribution in [1.82, 2.24) is 9.88 Å². The van der Waals surface area contributed by atoms with Gasteiger partial charge in [0, 0.05) is 37.7 Å². The highest BCUT2D eigenvalue weighted by Gasteiger charge is 2.20. The van der Waals surface area contributed by atoms with Crippen molar-refractivity contribution in [1.29, 1.82) is 0 Å². The Balaban J connectivity index is 1.20. The standard InChI is InChI=1S/C23H25ClN4O4/c24-17-3-6-20(7-4-17)32-16-19(29)15-27-9-11-28(12-10-27)22-8-5-18(14-25-22)26-23(30)21-2-1-13-31-21/h1-8,13-14,19,29H,9-12,15-16H2,(H,26,30). The van der Waals surface area contributed by atoms with Gasteiger partial charge in [0.05, 0.1) is 18.1 Å². The number of halogens is 1. The third kappa shape index (κ3) is 6.00. The van der Waals surface area contributed by atoms with Gasteiger partial charge in [0.25, 0.3) is 5.91 Å². The quantitative estimate of drug-likeness (QED) is 0.538. The molecule has 0 bridgehead atoms. The molecule has 1 saturated heterocycles. The van der Waals surface area contributed by atoms with Gasteiger partial charge in [-0.2, -0.15) is 0 Å². The van der Waals surface area contributed by atoms with Gasteiger partial charge >= 0.3 is 0 Å². The first-order valence-electron chi connectivity index (χ1n) is 10.4. The molecule has 1 aromatic carbocycles. The predicted octanol–water partition coefficient (Wildman–Crippen LogP) is 3.14. The van der Waals surface area contributed by atoms with E-state index in [-0.39, 0.29) is 18.3 Å². The molecule has 1 fully saturated rings. The topological polar surface area (TPSA) is 91.1 Å². The average Bonchev–Trinajstić information content (AvgIpc) is 3.35. The van der Waals surface area contributed by atoms with Crippen molar-refractivity contribution < 1.29 is 19.1 Å². The van der Waals surface area contributed by atoms with Crippen LogP contribution >= 0.6 is 11.6 Å². The van der Waals surface area contributed by atoms with Gasteiger partial charge in [-0.05, 0) is 48.5 Å². The van der Waals surface area contributed by atoms with Gasteiger partial charge in [-0.25, -0.2) is 4.98 Å². The third-order valence-electron chi connectivity index (χ3n) is 5.17. The van der Waals surface area contributed by atoms with Crippen molar-refractivity contribution in [3.63, 3.8) is 0 Å². The molecule has 3 aromatic rings. The molecule has 9 heteroatoms. The number of aliphatic hydroxyl groups excluding tert-OH is 1. The van der Waals surface area contributed by atoms with Crippen LogP contribution in [0.2, 0.25) is 5.02 Å². The van der Waals surface area contributed by atoms with Gasteiger partial charge in [0.15, 0.2) is 5.76 Å². The largest absolute Gasteiger partial charge is 0.491 e. The number of benzene rings is 1. The maximum atomic E-state index is 12.0. The minimum atomic E-state index is -0.576. The highest BCUT2D eigenvalue weighted by Crippen LogP contribution is 2.18. The van der Waals surface area contributed by atoms with E-state index in [0.29, 0.717) is 23.0 Å². The summed E-state index contributed by atoms with van der Waals surface area (Å²) >= 11 is 5.87. The Morgan fingerprint density at radius 3 is 2.59 bits per heavy atom. The Kier molecular flexibility index (Phi) is 7.26. The fourth-order valence-corrected chi connectivity index (χ4v) is 3.61. The first-order chi connectivity index (χ1) is 15.6. The van der Waals surface area contributed by atoms with Crippen LogP contribution in [0, 0.1) is 0 Å². The van der Waals surface area contributed by atoms with E-state index >= 15 is 0 Å². The Morgan fingerprint density at radius 1 is 1.16 bits per heavy atom. The number of nitrogens with zero attached hydrogens (tertiary/aromatic N) is 3. The number of furan rings is 1. The first kappa shape index (κ1) is 22.1. The molecule has 2 aromatic heterocycles. The Bertz CT molecular complexity index is 988. The molecule has 3 heterocycles. The number of anilines is 2. The molecular formula is C23H25ClN4O4. The molecular weight excluding hydrogens is 432 g/mol. The summed E-state index contributed by atoms with van der Waals surface area (Å²) in [7, 11) is 0. The average molecular weight is 457 g/mol. The summed E-state index contributed by atoms with van der Waals surface area (Å²) in [4.78, 5) is 20.9. The van der Waals surface area contributed by atoms with Crippen LogP contribution in [-0.4, -0.2) is 66.3 Å². The van der Waals surface area contributed by atoms with E-state index in [9.17, 15) is 9.90 Å². The van der Waals surface area contributed by atoms with E-state index in [4.69, 9.17) is 20.8 Å². The summed E-state index contributed by atoms with van der Waals surface area (Å²) < 4.78 is 10.7. The minimum Gasteiger partial charge on any atom is -0.491 e. The number of amides is 1. The number of rotatable bonds is 8. The molecule has 1 aliphatic rings.